The first-order valence-electron chi connectivity index (χ1n) is 8.75. The van der Waals surface area contributed by atoms with E-state index in [4.69, 9.17) is 0 Å². The van der Waals surface area contributed by atoms with Crippen LogP contribution in [0.15, 0.2) is 59.6 Å². The van der Waals surface area contributed by atoms with Crippen molar-refractivity contribution in [3.05, 3.63) is 71.5 Å². The highest BCUT2D eigenvalue weighted by molar-refractivity contribution is 5.86. The van der Waals surface area contributed by atoms with Crippen molar-refractivity contribution in [2.75, 3.05) is 19.6 Å². The van der Waals surface area contributed by atoms with Gasteiger partial charge in [0.1, 0.15) is 5.82 Å². The van der Waals surface area contributed by atoms with Gasteiger partial charge in [-0.1, -0.05) is 48.5 Å². The second-order valence-electron chi connectivity index (χ2n) is 5.73. The predicted octanol–water partition coefficient (Wildman–Crippen LogP) is 2.24. The summed E-state index contributed by atoms with van der Waals surface area (Å²) in [5.74, 6) is 0.0807. The first kappa shape index (κ1) is 19.4. The molecule has 0 saturated heterocycles. The first-order valence-corrected chi connectivity index (χ1v) is 8.75. The van der Waals surface area contributed by atoms with Crippen LogP contribution in [0.3, 0.4) is 0 Å². The first-order chi connectivity index (χ1) is 12.7. The summed E-state index contributed by atoms with van der Waals surface area (Å²) in [6, 6.07) is 16.5. The Morgan fingerprint density at radius 2 is 1.73 bits per heavy atom. The van der Waals surface area contributed by atoms with Gasteiger partial charge in [0.05, 0.1) is 13.1 Å². The Morgan fingerprint density at radius 1 is 1.00 bits per heavy atom. The lowest BCUT2D eigenvalue weighted by atomic mass is 10.1. The maximum Gasteiger partial charge on any atom is 0.239 e. The number of rotatable bonds is 8. The minimum Gasteiger partial charge on any atom is -0.357 e. The normalized spacial score (nSPS) is 11.1. The van der Waals surface area contributed by atoms with Crippen LogP contribution in [-0.4, -0.2) is 31.5 Å². The largest absolute Gasteiger partial charge is 0.357 e. The van der Waals surface area contributed by atoms with Gasteiger partial charge in [-0.3, -0.25) is 4.79 Å². The molecule has 0 bridgehead atoms. The minimum absolute atomic E-state index is 0.109. The number of hydrogen-bond donors (Lipinski definition) is 3. The number of carbonyl (C=O) groups excluding carboxylic acids is 1. The van der Waals surface area contributed by atoms with Crippen LogP contribution in [0.2, 0.25) is 0 Å². The van der Waals surface area contributed by atoms with Crippen LogP contribution in [0.1, 0.15) is 18.1 Å². The van der Waals surface area contributed by atoms with Gasteiger partial charge in [-0.25, -0.2) is 9.38 Å². The Morgan fingerprint density at radius 3 is 2.46 bits per heavy atom. The van der Waals surface area contributed by atoms with E-state index in [-0.39, 0.29) is 24.8 Å². The van der Waals surface area contributed by atoms with Gasteiger partial charge in [0.15, 0.2) is 5.96 Å². The molecule has 0 aliphatic rings. The van der Waals surface area contributed by atoms with Crippen molar-refractivity contribution in [3.63, 3.8) is 0 Å². The third-order valence-electron chi connectivity index (χ3n) is 3.70. The fourth-order valence-corrected chi connectivity index (χ4v) is 2.35. The number of benzene rings is 2. The van der Waals surface area contributed by atoms with Crippen LogP contribution in [0.25, 0.3) is 0 Å². The highest BCUT2D eigenvalue weighted by Gasteiger charge is 2.04. The monoisotopic (exact) mass is 356 g/mol. The molecule has 0 unspecified atom stereocenters. The second kappa shape index (κ2) is 10.9. The number of halogens is 1. The zero-order valence-corrected chi connectivity index (χ0v) is 15.0. The second-order valence-corrected chi connectivity index (χ2v) is 5.73. The van der Waals surface area contributed by atoms with Crippen LogP contribution in [-0.2, 0) is 17.8 Å². The minimum atomic E-state index is -0.286. The molecule has 0 saturated carbocycles. The molecule has 0 fully saturated rings. The Kier molecular flexibility index (Phi) is 8.12. The number of carbonyl (C=O) groups is 1. The van der Waals surface area contributed by atoms with Crippen molar-refractivity contribution in [2.45, 2.75) is 19.9 Å². The molecule has 0 aromatic heterocycles. The molecule has 6 heteroatoms. The number of aliphatic imine (C=N–C) groups is 1. The Labute approximate surface area is 153 Å². The number of hydrogen-bond acceptors (Lipinski definition) is 2. The molecule has 2 aromatic carbocycles. The van der Waals surface area contributed by atoms with Crippen molar-refractivity contribution >= 4 is 11.9 Å². The summed E-state index contributed by atoms with van der Waals surface area (Å²) in [5.41, 5.74) is 1.69. The molecule has 0 aliphatic heterocycles. The van der Waals surface area contributed by atoms with Gasteiger partial charge in [-0.15, -0.1) is 0 Å². The van der Waals surface area contributed by atoms with E-state index >= 15 is 0 Å². The van der Waals surface area contributed by atoms with E-state index in [1.54, 1.807) is 18.2 Å². The van der Waals surface area contributed by atoms with Gasteiger partial charge < -0.3 is 16.0 Å². The number of amides is 1. The Hall–Kier alpha value is -2.89. The molecule has 2 aromatic rings. The third kappa shape index (κ3) is 6.93. The summed E-state index contributed by atoms with van der Waals surface area (Å²) in [7, 11) is 0. The number of guanidine groups is 1. The summed E-state index contributed by atoms with van der Waals surface area (Å²) < 4.78 is 13.6. The molecule has 5 nitrogen and oxygen atoms in total. The van der Waals surface area contributed by atoms with Gasteiger partial charge >= 0.3 is 0 Å². The van der Waals surface area contributed by atoms with Gasteiger partial charge in [0, 0.05) is 18.7 Å². The molecule has 0 radical (unpaired) electrons. The van der Waals surface area contributed by atoms with Crippen LogP contribution < -0.4 is 16.0 Å². The van der Waals surface area contributed by atoms with Crippen molar-refractivity contribution in [3.8, 4) is 0 Å². The summed E-state index contributed by atoms with van der Waals surface area (Å²) >= 11 is 0. The van der Waals surface area contributed by atoms with Crippen LogP contribution in [0.4, 0.5) is 4.39 Å². The number of nitrogens with zero attached hydrogens (tertiary/aromatic N) is 1. The summed E-state index contributed by atoms with van der Waals surface area (Å²) in [4.78, 5) is 16.3. The fourth-order valence-electron chi connectivity index (χ4n) is 2.35. The van der Waals surface area contributed by atoms with E-state index in [1.807, 2.05) is 37.3 Å². The van der Waals surface area contributed by atoms with Gasteiger partial charge in [0.25, 0.3) is 0 Å². The van der Waals surface area contributed by atoms with E-state index in [1.165, 1.54) is 11.6 Å². The van der Waals surface area contributed by atoms with Crippen LogP contribution in [0, 0.1) is 5.82 Å². The highest BCUT2D eigenvalue weighted by atomic mass is 19.1. The SMILES string of the molecule is CCNC(=NCc1ccccc1F)NCC(=O)NCCc1ccccc1. The van der Waals surface area contributed by atoms with Crippen molar-refractivity contribution in [2.24, 2.45) is 4.99 Å². The molecule has 0 aliphatic carbocycles. The van der Waals surface area contributed by atoms with Crippen molar-refractivity contribution in [1.29, 1.82) is 0 Å². The fraction of sp³-hybridized carbons (Fsp3) is 0.300. The standard InChI is InChI=1S/C20H25FN4O/c1-2-22-20(24-14-17-10-6-7-11-18(17)21)25-15-19(26)23-13-12-16-8-4-3-5-9-16/h3-11H,2,12-15H2,1H3,(H,23,26)(H2,22,24,25). The number of nitrogens with one attached hydrogen (secondary N) is 3. The van der Waals surface area contributed by atoms with Gasteiger partial charge in [0.2, 0.25) is 5.91 Å². The molecule has 0 atom stereocenters. The smallest absolute Gasteiger partial charge is 0.239 e. The molecule has 3 N–H and O–H groups in total. The van der Waals surface area contributed by atoms with E-state index in [9.17, 15) is 9.18 Å². The average molecular weight is 356 g/mol. The third-order valence-corrected chi connectivity index (χ3v) is 3.70. The summed E-state index contributed by atoms with van der Waals surface area (Å²) in [6.07, 6.45) is 0.786. The van der Waals surface area contributed by atoms with Gasteiger partial charge in [-0.05, 0) is 25.0 Å². The zero-order chi connectivity index (χ0) is 18.6. The van der Waals surface area contributed by atoms with E-state index in [0.29, 0.717) is 24.6 Å². The molecule has 2 rings (SSSR count). The molecule has 26 heavy (non-hydrogen) atoms. The van der Waals surface area contributed by atoms with E-state index < -0.39 is 0 Å². The molecule has 0 spiro atoms. The lowest BCUT2D eigenvalue weighted by Crippen LogP contribution is -2.43. The predicted molar refractivity (Wildman–Crippen MR) is 102 cm³/mol. The van der Waals surface area contributed by atoms with Crippen LogP contribution in [0.5, 0.6) is 0 Å². The maximum absolute atomic E-state index is 13.6. The van der Waals surface area contributed by atoms with E-state index in [2.05, 4.69) is 20.9 Å². The Bertz CT molecular complexity index is 719. The quantitative estimate of drug-likeness (QED) is 0.502. The molecular formula is C20H25FN4O. The molecule has 1 amide bonds. The van der Waals surface area contributed by atoms with Crippen molar-refractivity contribution in [1.82, 2.24) is 16.0 Å². The van der Waals surface area contributed by atoms with Crippen LogP contribution >= 0.6 is 0 Å². The van der Waals surface area contributed by atoms with Crippen molar-refractivity contribution < 1.29 is 9.18 Å². The summed E-state index contributed by atoms with van der Waals surface area (Å²) in [5, 5.41) is 8.88. The maximum atomic E-state index is 13.6. The lowest BCUT2D eigenvalue weighted by molar-refractivity contribution is -0.119. The highest BCUT2D eigenvalue weighted by Crippen LogP contribution is 2.07. The van der Waals surface area contributed by atoms with E-state index in [0.717, 1.165) is 6.42 Å². The average Bonchev–Trinajstić information content (AvgIpc) is 2.66. The van der Waals surface area contributed by atoms with Gasteiger partial charge in [-0.2, -0.15) is 0 Å². The molecule has 0 heterocycles. The molecular weight excluding hydrogens is 331 g/mol. The summed E-state index contributed by atoms with van der Waals surface area (Å²) in [6.45, 7) is 3.47. The lowest BCUT2D eigenvalue weighted by Gasteiger charge is -2.11. The topological polar surface area (TPSA) is 65.5 Å². The zero-order valence-electron chi connectivity index (χ0n) is 15.0. The molecule has 138 valence electrons. The Balaban J connectivity index is 1.77.